The first-order valence-corrected chi connectivity index (χ1v) is 11.3. The van der Waals surface area contributed by atoms with Gasteiger partial charge in [-0.1, -0.05) is 30.3 Å². The third kappa shape index (κ3) is 5.44. The molecular weight excluding hydrogens is 463 g/mol. The van der Waals surface area contributed by atoms with Crippen LogP contribution in [0.25, 0.3) is 11.4 Å². The zero-order chi connectivity index (χ0) is 24.4. The molecule has 1 aromatic carbocycles. The molecule has 12 heteroatoms. The molecule has 8 nitrogen and oxygen atoms in total. The Balaban J connectivity index is 2.21. The molecular formula is C21H22F3N3O5S. The number of methoxy groups -OCH3 is 1. The fraction of sp³-hybridized carbons (Fsp3) is 0.381. The van der Waals surface area contributed by atoms with Crippen LogP contribution in [0.4, 0.5) is 13.2 Å². The van der Waals surface area contributed by atoms with Gasteiger partial charge in [0.15, 0.2) is 5.82 Å². The Hall–Kier alpha value is -3.15. The number of fused-ring (bicyclic) bond motifs is 1. The van der Waals surface area contributed by atoms with Crippen LogP contribution in [0.5, 0.6) is 5.88 Å². The van der Waals surface area contributed by atoms with Gasteiger partial charge in [-0.15, -0.1) is 0 Å². The zero-order valence-corrected chi connectivity index (χ0v) is 18.9. The second-order valence-electron chi connectivity index (χ2n) is 7.53. The van der Waals surface area contributed by atoms with Crippen LogP contribution in [0.3, 0.4) is 0 Å². The predicted octanol–water partition coefficient (Wildman–Crippen LogP) is 3.24. The lowest BCUT2D eigenvalue weighted by molar-refractivity contribution is -0.136. The molecule has 0 aliphatic carbocycles. The van der Waals surface area contributed by atoms with Crippen molar-refractivity contribution in [2.75, 3.05) is 13.7 Å². The first-order chi connectivity index (χ1) is 15.4. The number of esters is 1. The molecule has 0 N–H and O–H groups in total. The van der Waals surface area contributed by atoms with Crippen molar-refractivity contribution in [3.63, 3.8) is 0 Å². The molecule has 0 saturated carbocycles. The molecule has 1 aromatic heterocycles. The molecule has 2 aromatic rings. The molecule has 33 heavy (non-hydrogen) atoms. The molecule has 1 aliphatic rings. The molecule has 0 unspecified atom stereocenters. The third-order valence-electron chi connectivity index (χ3n) is 4.97. The van der Waals surface area contributed by atoms with Crippen molar-refractivity contribution in [3.05, 3.63) is 53.4 Å². The summed E-state index contributed by atoms with van der Waals surface area (Å²) in [5, 5.41) is 0. The first kappa shape index (κ1) is 24.5. The zero-order valence-electron chi connectivity index (χ0n) is 18.1. The van der Waals surface area contributed by atoms with Crippen molar-refractivity contribution in [1.29, 1.82) is 0 Å². The van der Waals surface area contributed by atoms with E-state index in [-0.39, 0.29) is 41.5 Å². The molecule has 178 valence electrons. The molecule has 0 atom stereocenters. The van der Waals surface area contributed by atoms with Crippen LogP contribution in [-0.4, -0.2) is 54.5 Å². The van der Waals surface area contributed by atoms with Crippen molar-refractivity contribution in [2.45, 2.75) is 38.2 Å². The third-order valence-corrected chi connectivity index (χ3v) is 5.91. The number of hydrogen-bond donors (Lipinski definition) is 0. The van der Waals surface area contributed by atoms with E-state index in [2.05, 4.69) is 14.2 Å². The molecule has 0 amide bonds. The fourth-order valence-electron chi connectivity index (χ4n) is 3.23. The van der Waals surface area contributed by atoms with E-state index in [1.54, 1.807) is 36.5 Å². The second-order valence-corrected chi connectivity index (χ2v) is 9.07. The van der Waals surface area contributed by atoms with Crippen molar-refractivity contribution in [2.24, 2.45) is 0 Å². The van der Waals surface area contributed by atoms with Gasteiger partial charge in [-0.3, -0.25) is 0 Å². The van der Waals surface area contributed by atoms with Gasteiger partial charge in [0.1, 0.15) is 0 Å². The quantitative estimate of drug-likeness (QED) is 0.362. The van der Waals surface area contributed by atoms with Crippen LogP contribution in [-0.2, 0) is 32.5 Å². The van der Waals surface area contributed by atoms with E-state index in [1.807, 2.05) is 18.7 Å². The smallest absolute Gasteiger partial charge is 0.466 e. The number of alkyl halides is 3. The van der Waals surface area contributed by atoms with E-state index in [0.717, 1.165) is 0 Å². The van der Waals surface area contributed by atoms with Crippen molar-refractivity contribution in [3.8, 4) is 17.3 Å². The highest BCUT2D eigenvalue weighted by Gasteiger charge is 2.49. The fourth-order valence-corrected chi connectivity index (χ4v) is 3.67. The Morgan fingerprint density at radius 1 is 1.15 bits per heavy atom. The molecule has 0 spiro atoms. The monoisotopic (exact) mass is 485 g/mol. The largest absolute Gasteiger partial charge is 0.534 e. The van der Waals surface area contributed by atoms with Crippen LogP contribution in [0.2, 0.25) is 0 Å². The van der Waals surface area contributed by atoms with Gasteiger partial charge in [0.25, 0.3) is 0 Å². The minimum absolute atomic E-state index is 0.00184. The summed E-state index contributed by atoms with van der Waals surface area (Å²) in [6.45, 7) is 4.18. The lowest BCUT2D eigenvalue weighted by atomic mass is 10.0. The maximum atomic E-state index is 13.1. The molecule has 0 saturated heterocycles. The van der Waals surface area contributed by atoms with Gasteiger partial charge in [-0.05, 0) is 13.8 Å². The summed E-state index contributed by atoms with van der Waals surface area (Å²) in [5.74, 6) is -1.49. The second kappa shape index (κ2) is 9.38. The number of carbonyl (C=O) groups is 1. The lowest BCUT2D eigenvalue weighted by Crippen LogP contribution is -2.32. The number of hydrogen-bond acceptors (Lipinski definition) is 8. The van der Waals surface area contributed by atoms with Crippen LogP contribution in [0.1, 0.15) is 25.1 Å². The van der Waals surface area contributed by atoms with Gasteiger partial charge < -0.3 is 13.8 Å². The standard InChI is InChI=1S/C21H22F3N3O5S/c1-13(2)27-10-9-17-16(11-15(12-27)20(28)31-3)19(32-33(29,30)21(22,23)24)26-18(25-17)14-7-5-4-6-8-14/h4-8,12-13H,9-11H2,1-3H3/b15-12+. The highest BCUT2D eigenvalue weighted by molar-refractivity contribution is 7.87. The van der Waals surface area contributed by atoms with Gasteiger partial charge in [-0.25, -0.2) is 9.78 Å². The number of nitrogens with zero attached hydrogens (tertiary/aromatic N) is 3. The Kier molecular flexibility index (Phi) is 6.96. The van der Waals surface area contributed by atoms with Gasteiger partial charge >= 0.3 is 21.6 Å². The van der Waals surface area contributed by atoms with Crippen LogP contribution >= 0.6 is 0 Å². The average molecular weight is 485 g/mol. The van der Waals surface area contributed by atoms with Crippen molar-refractivity contribution < 1.29 is 35.3 Å². The maximum Gasteiger partial charge on any atom is 0.534 e. The molecule has 0 fully saturated rings. The lowest BCUT2D eigenvalue weighted by Gasteiger charge is -2.28. The van der Waals surface area contributed by atoms with Crippen LogP contribution in [0, 0.1) is 0 Å². The summed E-state index contributed by atoms with van der Waals surface area (Å²) < 4.78 is 72.1. The highest BCUT2D eigenvalue weighted by atomic mass is 32.2. The maximum absolute atomic E-state index is 13.1. The summed E-state index contributed by atoms with van der Waals surface area (Å²) in [6.07, 6.45) is 1.53. The normalized spacial score (nSPS) is 16.3. The van der Waals surface area contributed by atoms with E-state index in [4.69, 9.17) is 4.74 Å². The average Bonchev–Trinajstić information content (AvgIpc) is 2.73. The Morgan fingerprint density at radius 2 is 1.82 bits per heavy atom. The Bertz CT molecular complexity index is 1170. The predicted molar refractivity (Wildman–Crippen MR) is 112 cm³/mol. The molecule has 0 bridgehead atoms. The summed E-state index contributed by atoms with van der Waals surface area (Å²) in [4.78, 5) is 22.7. The minimum Gasteiger partial charge on any atom is -0.466 e. The van der Waals surface area contributed by atoms with Crippen molar-refractivity contribution in [1.82, 2.24) is 14.9 Å². The number of aromatic nitrogens is 2. The number of halogens is 3. The topological polar surface area (TPSA) is 98.7 Å². The van der Waals surface area contributed by atoms with Crippen LogP contribution < -0.4 is 4.18 Å². The van der Waals surface area contributed by atoms with Gasteiger partial charge in [0.2, 0.25) is 5.88 Å². The molecule has 2 heterocycles. The van der Waals surface area contributed by atoms with Gasteiger partial charge in [0, 0.05) is 42.8 Å². The van der Waals surface area contributed by atoms with Gasteiger partial charge in [-0.2, -0.15) is 26.6 Å². The SMILES string of the molecule is COC(=O)/C1=C/N(C(C)C)CCc2nc(-c3ccccc3)nc(OS(=O)(=O)C(F)(F)F)c2C1. The number of carbonyl (C=O) groups excluding carboxylic acids is 1. The van der Waals surface area contributed by atoms with Gasteiger partial charge in [0.05, 0.1) is 18.4 Å². The van der Waals surface area contributed by atoms with E-state index >= 15 is 0 Å². The molecule has 0 radical (unpaired) electrons. The number of ether oxygens (including phenoxy) is 1. The summed E-state index contributed by atoms with van der Waals surface area (Å²) >= 11 is 0. The van der Waals surface area contributed by atoms with Crippen LogP contribution in [0.15, 0.2) is 42.1 Å². The van der Waals surface area contributed by atoms with E-state index in [0.29, 0.717) is 12.1 Å². The first-order valence-electron chi connectivity index (χ1n) is 9.93. The highest BCUT2D eigenvalue weighted by Crippen LogP contribution is 2.33. The molecule has 3 rings (SSSR count). The summed E-state index contributed by atoms with van der Waals surface area (Å²) in [7, 11) is -4.84. The van der Waals surface area contributed by atoms with Crippen molar-refractivity contribution >= 4 is 16.1 Å². The molecule has 1 aliphatic heterocycles. The van der Waals surface area contributed by atoms with E-state index in [9.17, 15) is 26.4 Å². The number of rotatable bonds is 5. The summed E-state index contributed by atoms with van der Waals surface area (Å²) in [5.41, 5.74) is -4.85. The van der Waals surface area contributed by atoms with E-state index in [1.165, 1.54) is 7.11 Å². The summed E-state index contributed by atoms with van der Waals surface area (Å²) in [6, 6.07) is 8.36. The Morgan fingerprint density at radius 3 is 2.39 bits per heavy atom. The number of benzene rings is 1. The minimum atomic E-state index is -6.01. The van der Waals surface area contributed by atoms with E-state index < -0.39 is 27.5 Å². The Labute approximate surface area is 189 Å².